The van der Waals surface area contributed by atoms with Crippen molar-refractivity contribution in [2.45, 2.75) is 31.2 Å². The molecule has 1 aromatic heterocycles. The van der Waals surface area contributed by atoms with Gasteiger partial charge in [0.25, 0.3) is 0 Å². The van der Waals surface area contributed by atoms with E-state index in [0.29, 0.717) is 12.2 Å². The maximum Gasteiger partial charge on any atom is 0.408 e. The highest BCUT2D eigenvalue weighted by molar-refractivity contribution is 5.35. The van der Waals surface area contributed by atoms with Gasteiger partial charge in [-0.15, -0.1) is 0 Å². The molecule has 0 aromatic carbocycles. The van der Waals surface area contributed by atoms with Gasteiger partial charge in [0.05, 0.1) is 5.60 Å². The number of hydrogen-bond acceptors (Lipinski definition) is 5. The number of aliphatic hydroxyl groups is 1. The molecule has 5 nitrogen and oxygen atoms in total. The minimum atomic E-state index is -4.43. The molecule has 0 bridgehead atoms. The molecule has 1 aliphatic heterocycles. The molecule has 2 heterocycles. The smallest absolute Gasteiger partial charge is 0.389 e. The summed E-state index contributed by atoms with van der Waals surface area (Å²) >= 11 is 0. The van der Waals surface area contributed by atoms with E-state index in [0.717, 1.165) is 6.20 Å². The van der Waals surface area contributed by atoms with Crippen LogP contribution in [0.5, 0.6) is 0 Å². The molecule has 0 saturated carbocycles. The lowest BCUT2D eigenvalue weighted by atomic mass is 10.1. The van der Waals surface area contributed by atoms with Crippen molar-refractivity contribution >= 4 is 5.82 Å². The van der Waals surface area contributed by atoms with Crippen LogP contribution in [0.15, 0.2) is 18.3 Å². The number of rotatable bonds is 3. The predicted octanol–water partition coefficient (Wildman–Crippen LogP) is 1.43. The molecule has 20 heavy (non-hydrogen) atoms. The first kappa shape index (κ1) is 15.0. The second-order valence-electron chi connectivity index (χ2n) is 5.28. The number of aromatic nitrogens is 1. The van der Waals surface area contributed by atoms with Gasteiger partial charge in [0, 0.05) is 19.3 Å². The molecule has 8 heteroatoms. The number of pyridine rings is 1. The molecule has 0 amide bonds. The molecule has 1 saturated heterocycles. The maximum atomic E-state index is 13.3. The fraction of sp³-hybridized carbons (Fsp3) is 0.583. The summed E-state index contributed by atoms with van der Waals surface area (Å²) in [6, 6.07) is 0.964. The number of hydrazine groups is 1. The van der Waals surface area contributed by atoms with Gasteiger partial charge < -0.3 is 10.5 Å². The molecule has 0 aliphatic carbocycles. The predicted molar refractivity (Wildman–Crippen MR) is 67.7 cm³/mol. The number of nitrogens with two attached hydrogens (primary N) is 1. The Morgan fingerprint density at radius 2 is 2.20 bits per heavy atom. The SMILES string of the molecule is CC1(O)CCN([C@H](c2ccc(NN)nc2)C(F)(F)F)C1. The zero-order chi connectivity index (χ0) is 15.0. The first-order valence-corrected chi connectivity index (χ1v) is 6.19. The number of β-amino-alcohol motifs (C(OH)–C–C–N with tert-alkyl or cyclic N) is 1. The van der Waals surface area contributed by atoms with E-state index in [4.69, 9.17) is 5.84 Å². The fourth-order valence-corrected chi connectivity index (χ4v) is 2.46. The molecule has 1 aliphatic rings. The van der Waals surface area contributed by atoms with Gasteiger partial charge in [-0.2, -0.15) is 13.2 Å². The quantitative estimate of drug-likeness (QED) is 0.580. The lowest BCUT2D eigenvalue weighted by molar-refractivity contribution is -0.185. The van der Waals surface area contributed by atoms with Crippen LogP contribution in [0.1, 0.15) is 24.9 Å². The summed E-state index contributed by atoms with van der Waals surface area (Å²) in [4.78, 5) is 5.04. The van der Waals surface area contributed by atoms with Crippen molar-refractivity contribution in [1.29, 1.82) is 0 Å². The lowest BCUT2D eigenvalue weighted by Crippen LogP contribution is -2.39. The number of likely N-dealkylation sites (tertiary alicyclic amines) is 1. The van der Waals surface area contributed by atoms with Crippen LogP contribution in [-0.2, 0) is 0 Å². The van der Waals surface area contributed by atoms with E-state index < -0.39 is 17.8 Å². The number of nitrogen functional groups attached to an aromatic ring is 1. The fourth-order valence-electron chi connectivity index (χ4n) is 2.46. The molecule has 4 N–H and O–H groups in total. The Morgan fingerprint density at radius 3 is 2.60 bits per heavy atom. The van der Waals surface area contributed by atoms with Gasteiger partial charge in [-0.05, 0) is 25.0 Å². The van der Waals surface area contributed by atoms with Crippen molar-refractivity contribution in [2.24, 2.45) is 5.84 Å². The molecule has 2 atom stereocenters. The monoisotopic (exact) mass is 290 g/mol. The van der Waals surface area contributed by atoms with Gasteiger partial charge in [-0.3, -0.25) is 4.90 Å². The lowest BCUT2D eigenvalue weighted by Gasteiger charge is -2.30. The molecule has 2 rings (SSSR count). The standard InChI is InChI=1S/C12H17F3N4O/c1-11(20)4-5-19(7-11)10(12(13,14)15)8-2-3-9(18-16)17-6-8/h2-3,6,10,20H,4-5,7,16H2,1H3,(H,17,18)/t10-,11?/m1/s1. The Labute approximate surface area is 114 Å². The number of hydrogen-bond donors (Lipinski definition) is 3. The van der Waals surface area contributed by atoms with E-state index in [2.05, 4.69) is 10.4 Å². The third-order valence-electron chi connectivity index (χ3n) is 3.41. The average molecular weight is 290 g/mol. The molecule has 0 spiro atoms. The van der Waals surface area contributed by atoms with Gasteiger partial charge >= 0.3 is 6.18 Å². The molecule has 0 radical (unpaired) electrons. The third-order valence-corrected chi connectivity index (χ3v) is 3.41. The van der Waals surface area contributed by atoms with E-state index in [1.54, 1.807) is 6.92 Å². The summed E-state index contributed by atoms with van der Waals surface area (Å²) in [7, 11) is 0. The maximum absolute atomic E-state index is 13.3. The van der Waals surface area contributed by atoms with Crippen LogP contribution in [0.2, 0.25) is 0 Å². The van der Waals surface area contributed by atoms with Crippen LogP contribution >= 0.6 is 0 Å². The van der Waals surface area contributed by atoms with Crippen LogP contribution in [0.25, 0.3) is 0 Å². The van der Waals surface area contributed by atoms with Crippen LogP contribution in [0.4, 0.5) is 19.0 Å². The largest absolute Gasteiger partial charge is 0.408 e. The summed E-state index contributed by atoms with van der Waals surface area (Å²) < 4.78 is 39.9. The Bertz CT molecular complexity index is 461. The van der Waals surface area contributed by atoms with Crippen molar-refractivity contribution in [1.82, 2.24) is 9.88 Å². The van der Waals surface area contributed by atoms with E-state index in [-0.39, 0.29) is 18.7 Å². The zero-order valence-corrected chi connectivity index (χ0v) is 11.0. The molecule has 1 fully saturated rings. The zero-order valence-electron chi connectivity index (χ0n) is 11.0. The minimum Gasteiger partial charge on any atom is -0.389 e. The Balaban J connectivity index is 2.28. The van der Waals surface area contributed by atoms with Gasteiger partial charge in [0.1, 0.15) is 11.9 Å². The molecular weight excluding hydrogens is 273 g/mol. The van der Waals surface area contributed by atoms with E-state index in [1.165, 1.54) is 17.0 Å². The summed E-state index contributed by atoms with van der Waals surface area (Å²) in [5.74, 6) is 5.44. The van der Waals surface area contributed by atoms with Crippen LogP contribution < -0.4 is 11.3 Å². The van der Waals surface area contributed by atoms with Crippen LogP contribution in [0, 0.1) is 0 Å². The number of halogens is 3. The molecule has 112 valence electrons. The molecular formula is C12H17F3N4O. The summed E-state index contributed by atoms with van der Waals surface area (Å²) in [6.07, 6.45) is -2.96. The van der Waals surface area contributed by atoms with Gasteiger partial charge in [-0.25, -0.2) is 10.8 Å². The van der Waals surface area contributed by atoms with Crippen LogP contribution in [-0.4, -0.2) is 39.9 Å². The van der Waals surface area contributed by atoms with Crippen LogP contribution in [0.3, 0.4) is 0 Å². The normalized spacial score (nSPS) is 25.7. The van der Waals surface area contributed by atoms with E-state index >= 15 is 0 Å². The topological polar surface area (TPSA) is 74.4 Å². The highest BCUT2D eigenvalue weighted by Gasteiger charge is 2.48. The molecule has 1 aromatic rings. The number of anilines is 1. The minimum absolute atomic E-state index is 0.0198. The third kappa shape index (κ3) is 3.20. The summed E-state index contributed by atoms with van der Waals surface area (Å²) in [6.45, 7) is 1.71. The van der Waals surface area contributed by atoms with Gasteiger partial charge in [0.2, 0.25) is 0 Å². The van der Waals surface area contributed by atoms with Gasteiger partial charge in [0.15, 0.2) is 0 Å². The second-order valence-corrected chi connectivity index (χ2v) is 5.28. The average Bonchev–Trinajstić information content (AvgIpc) is 2.69. The summed E-state index contributed by atoms with van der Waals surface area (Å²) in [5.41, 5.74) is 1.22. The van der Waals surface area contributed by atoms with E-state index in [1.807, 2.05) is 0 Å². The van der Waals surface area contributed by atoms with Crippen molar-refractivity contribution in [3.05, 3.63) is 23.9 Å². The highest BCUT2D eigenvalue weighted by Crippen LogP contribution is 2.40. The van der Waals surface area contributed by atoms with Crippen molar-refractivity contribution in [3.63, 3.8) is 0 Å². The highest BCUT2D eigenvalue weighted by atomic mass is 19.4. The van der Waals surface area contributed by atoms with Crippen molar-refractivity contribution in [2.75, 3.05) is 18.5 Å². The summed E-state index contributed by atoms with van der Waals surface area (Å²) in [5, 5.41) is 9.86. The Morgan fingerprint density at radius 1 is 1.50 bits per heavy atom. The first-order chi connectivity index (χ1) is 9.23. The molecule has 1 unspecified atom stereocenters. The number of nitrogens with zero attached hydrogens (tertiary/aromatic N) is 2. The number of nitrogens with one attached hydrogen (secondary N) is 1. The first-order valence-electron chi connectivity index (χ1n) is 6.19. The van der Waals surface area contributed by atoms with Gasteiger partial charge in [-0.1, -0.05) is 6.07 Å². The number of alkyl halides is 3. The van der Waals surface area contributed by atoms with Crippen molar-refractivity contribution in [3.8, 4) is 0 Å². The van der Waals surface area contributed by atoms with Crippen molar-refractivity contribution < 1.29 is 18.3 Å². The second kappa shape index (κ2) is 5.19. The Kier molecular flexibility index (Phi) is 3.90. The van der Waals surface area contributed by atoms with E-state index in [9.17, 15) is 18.3 Å². The Hall–Kier alpha value is -1.38.